The molecule has 1 amide bonds. The lowest BCUT2D eigenvalue weighted by Crippen LogP contribution is -2.17. The SMILES string of the molecule is CCOC(=O)c1cc(-c2cccc(NC(=O)COC)c2)n(-c2ccc(OC)cc2)n1. The van der Waals surface area contributed by atoms with Gasteiger partial charge in [0.25, 0.3) is 0 Å². The summed E-state index contributed by atoms with van der Waals surface area (Å²) in [6, 6.07) is 16.2. The van der Waals surface area contributed by atoms with E-state index < -0.39 is 5.97 Å². The van der Waals surface area contributed by atoms with Crippen LogP contribution in [0, 0.1) is 0 Å². The Bertz CT molecular complexity index is 1030. The van der Waals surface area contributed by atoms with Gasteiger partial charge in [0.05, 0.1) is 25.1 Å². The van der Waals surface area contributed by atoms with Gasteiger partial charge in [-0.25, -0.2) is 9.48 Å². The minimum atomic E-state index is -0.504. The molecule has 0 bridgehead atoms. The van der Waals surface area contributed by atoms with Crippen molar-refractivity contribution < 1.29 is 23.8 Å². The maximum Gasteiger partial charge on any atom is 0.358 e. The number of benzene rings is 2. The number of ether oxygens (including phenoxy) is 3. The standard InChI is InChI=1S/C22H23N3O5/c1-4-30-22(27)19-13-20(25(24-19)17-8-10-18(29-3)11-9-17)15-6-5-7-16(12-15)23-21(26)14-28-2/h5-13H,4,14H2,1-3H3,(H,23,26). The fraction of sp³-hybridized carbons (Fsp3) is 0.227. The molecule has 0 fully saturated rings. The van der Waals surface area contributed by atoms with E-state index in [1.807, 2.05) is 36.4 Å². The zero-order valence-electron chi connectivity index (χ0n) is 17.0. The van der Waals surface area contributed by atoms with E-state index in [4.69, 9.17) is 14.2 Å². The second kappa shape index (κ2) is 9.71. The van der Waals surface area contributed by atoms with Crippen LogP contribution in [-0.4, -0.2) is 49.1 Å². The molecule has 2 aromatic carbocycles. The number of amides is 1. The summed E-state index contributed by atoms with van der Waals surface area (Å²) >= 11 is 0. The largest absolute Gasteiger partial charge is 0.497 e. The summed E-state index contributed by atoms with van der Waals surface area (Å²) in [7, 11) is 3.05. The molecule has 0 saturated carbocycles. The molecule has 0 saturated heterocycles. The number of rotatable bonds is 8. The summed E-state index contributed by atoms with van der Waals surface area (Å²) < 4.78 is 16.8. The third-order valence-electron chi connectivity index (χ3n) is 4.23. The van der Waals surface area contributed by atoms with Crippen LogP contribution in [0.15, 0.2) is 54.6 Å². The van der Waals surface area contributed by atoms with Gasteiger partial charge in [-0.2, -0.15) is 5.10 Å². The number of hydrogen-bond donors (Lipinski definition) is 1. The zero-order chi connectivity index (χ0) is 21.5. The third kappa shape index (κ3) is 4.84. The van der Waals surface area contributed by atoms with E-state index in [-0.39, 0.29) is 24.8 Å². The molecule has 0 spiro atoms. The van der Waals surface area contributed by atoms with Crippen LogP contribution in [0.3, 0.4) is 0 Å². The van der Waals surface area contributed by atoms with Crippen molar-refractivity contribution in [3.05, 3.63) is 60.3 Å². The van der Waals surface area contributed by atoms with Crippen molar-refractivity contribution in [1.82, 2.24) is 9.78 Å². The molecule has 0 aliphatic rings. The Hall–Kier alpha value is -3.65. The van der Waals surface area contributed by atoms with Crippen molar-refractivity contribution in [3.8, 4) is 22.7 Å². The van der Waals surface area contributed by atoms with Crippen molar-refractivity contribution >= 4 is 17.6 Å². The molecular formula is C22H23N3O5. The Morgan fingerprint density at radius 1 is 1.07 bits per heavy atom. The Kier molecular flexibility index (Phi) is 6.82. The Labute approximate surface area is 174 Å². The van der Waals surface area contributed by atoms with Crippen molar-refractivity contribution in [2.24, 2.45) is 0 Å². The Balaban J connectivity index is 2.03. The number of esters is 1. The van der Waals surface area contributed by atoms with Crippen LogP contribution in [0.5, 0.6) is 5.75 Å². The van der Waals surface area contributed by atoms with Crippen molar-refractivity contribution in [2.45, 2.75) is 6.92 Å². The highest BCUT2D eigenvalue weighted by Crippen LogP contribution is 2.27. The van der Waals surface area contributed by atoms with E-state index in [1.54, 1.807) is 36.9 Å². The monoisotopic (exact) mass is 409 g/mol. The highest BCUT2D eigenvalue weighted by Gasteiger charge is 2.18. The zero-order valence-corrected chi connectivity index (χ0v) is 17.0. The normalized spacial score (nSPS) is 10.5. The lowest BCUT2D eigenvalue weighted by molar-refractivity contribution is -0.119. The topological polar surface area (TPSA) is 91.7 Å². The summed E-state index contributed by atoms with van der Waals surface area (Å²) in [6.07, 6.45) is 0. The minimum absolute atomic E-state index is 0.0407. The predicted molar refractivity (Wildman–Crippen MR) is 112 cm³/mol. The number of anilines is 1. The number of nitrogens with zero attached hydrogens (tertiary/aromatic N) is 2. The highest BCUT2D eigenvalue weighted by atomic mass is 16.5. The predicted octanol–water partition coefficient (Wildman–Crippen LogP) is 3.31. The smallest absolute Gasteiger partial charge is 0.358 e. The maximum atomic E-state index is 12.3. The molecule has 3 aromatic rings. The molecule has 3 rings (SSSR count). The van der Waals surface area contributed by atoms with Gasteiger partial charge in [-0.3, -0.25) is 4.79 Å². The number of carbonyl (C=O) groups excluding carboxylic acids is 2. The van der Waals surface area contributed by atoms with E-state index in [2.05, 4.69) is 10.4 Å². The van der Waals surface area contributed by atoms with Crippen molar-refractivity contribution in [3.63, 3.8) is 0 Å². The molecule has 0 atom stereocenters. The molecule has 30 heavy (non-hydrogen) atoms. The van der Waals surface area contributed by atoms with E-state index >= 15 is 0 Å². The molecule has 1 N–H and O–H groups in total. The first-order valence-electron chi connectivity index (χ1n) is 9.36. The third-order valence-corrected chi connectivity index (χ3v) is 4.23. The van der Waals surface area contributed by atoms with Gasteiger partial charge in [-0.15, -0.1) is 0 Å². The minimum Gasteiger partial charge on any atom is -0.497 e. The first kappa shape index (κ1) is 21.1. The number of carbonyl (C=O) groups is 2. The Morgan fingerprint density at radius 2 is 1.83 bits per heavy atom. The highest BCUT2D eigenvalue weighted by molar-refractivity contribution is 5.93. The van der Waals surface area contributed by atoms with Gasteiger partial charge in [0.1, 0.15) is 12.4 Å². The lowest BCUT2D eigenvalue weighted by atomic mass is 10.1. The molecule has 0 unspecified atom stereocenters. The summed E-state index contributed by atoms with van der Waals surface area (Å²) in [5.74, 6) is -0.0537. The van der Waals surface area contributed by atoms with Crippen LogP contribution >= 0.6 is 0 Å². The molecule has 8 heteroatoms. The summed E-state index contributed by atoms with van der Waals surface area (Å²) in [4.78, 5) is 24.1. The van der Waals surface area contributed by atoms with Crippen LogP contribution in [0.4, 0.5) is 5.69 Å². The lowest BCUT2D eigenvalue weighted by Gasteiger charge is -2.10. The average molecular weight is 409 g/mol. The quantitative estimate of drug-likeness (QED) is 0.574. The molecule has 1 heterocycles. The van der Waals surface area contributed by atoms with Gasteiger partial charge in [0, 0.05) is 18.4 Å². The van der Waals surface area contributed by atoms with Gasteiger partial charge in [0.2, 0.25) is 5.91 Å². The average Bonchev–Trinajstić information content (AvgIpc) is 3.20. The van der Waals surface area contributed by atoms with Gasteiger partial charge >= 0.3 is 5.97 Å². The van der Waals surface area contributed by atoms with Gasteiger partial charge in [-0.05, 0) is 49.4 Å². The number of hydrogen-bond acceptors (Lipinski definition) is 6. The van der Waals surface area contributed by atoms with Crippen LogP contribution in [0.25, 0.3) is 16.9 Å². The summed E-state index contributed by atoms with van der Waals surface area (Å²) in [6.45, 7) is 1.96. The number of methoxy groups -OCH3 is 2. The summed E-state index contributed by atoms with van der Waals surface area (Å²) in [5, 5.41) is 7.22. The van der Waals surface area contributed by atoms with E-state index in [1.165, 1.54) is 7.11 Å². The van der Waals surface area contributed by atoms with Crippen LogP contribution in [0.1, 0.15) is 17.4 Å². The van der Waals surface area contributed by atoms with Gasteiger partial charge in [-0.1, -0.05) is 12.1 Å². The van der Waals surface area contributed by atoms with Gasteiger partial charge in [0.15, 0.2) is 5.69 Å². The first-order valence-corrected chi connectivity index (χ1v) is 9.36. The molecule has 1 aromatic heterocycles. The van der Waals surface area contributed by atoms with Crippen LogP contribution < -0.4 is 10.1 Å². The molecule has 0 radical (unpaired) electrons. The first-order chi connectivity index (χ1) is 14.5. The molecule has 0 aliphatic heterocycles. The molecule has 156 valence electrons. The number of aromatic nitrogens is 2. The molecule has 8 nitrogen and oxygen atoms in total. The maximum absolute atomic E-state index is 12.3. The van der Waals surface area contributed by atoms with E-state index in [0.29, 0.717) is 17.1 Å². The van der Waals surface area contributed by atoms with Crippen molar-refractivity contribution in [2.75, 3.05) is 32.8 Å². The second-order valence-corrected chi connectivity index (χ2v) is 6.31. The van der Waals surface area contributed by atoms with Crippen LogP contribution in [0.2, 0.25) is 0 Å². The fourth-order valence-corrected chi connectivity index (χ4v) is 2.90. The molecule has 0 aliphatic carbocycles. The second-order valence-electron chi connectivity index (χ2n) is 6.31. The van der Waals surface area contributed by atoms with E-state index in [0.717, 1.165) is 11.3 Å². The Morgan fingerprint density at radius 3 is 2.50 bits per heavy atom. The van der Waals surface area contributed by atoms with E-state index in [9.17, 15) is 9.59 Å². The molecular weight excluding hydrogens is 386 g/mol. The summed E-state index contributed by atoms with van der Waals surface area (Å²) in [5.41, 5.74) is 2.98. The fourth-order valence-electron chi connectivity index (χ4n) is 2.90. The van der Waals surface area contributed by atoms with Gasteiger partial charge < -0.3 is 19.5 Å². The van der Waals surface area contributed by atoms with Crippen LogP contribution in [-0.2, 0) is 14.3 Å². The van der Waals surface area contributed by atoms with Crippen molar-refractivity contribution in [1.29, 1.82) is 0 Å². The number of nitrogens with one attached hydrogen (secondary N) is 1.